The molecule has 21 heavy (non-hydrogen) atoms. The molecule has 114 valence electrons. The molecular weight excluding hydrogens is 463 g/mol. The Hall–Kier alpha value is -2.23. The summed E-state index contributed by atoms with van der Waals surface area (Å²) in [6.07, 6.45) is 1.50. The van der Waals surface area contributed by atoms with Gasteiger partial charge in [-0.1, -0.05) is 30.3 Å². The second-order valence-electron chi connectivity index (χ2n) is 3.72. The minimum absolute atomic E-state index is 0. The van der Waals surface area contributed by atoms with E-state index >= 15 is 0 Å². The smallest absolute Gasteiger partial charge is 0.479 e. The van der Waals surface area contributed by atoms with E-state index in [1.807, 2.05) is 0 Å². The number of hydrogen-bond acceptors (Lipinski definition) is 5. The number of hydrogen-bond donors (Lipinski definition) is 3. The van der Waals surface area contributed by atoms with Gasteiger partial charge in [0.15, 0.2) is 6.04 Å². The maximum absolute atomic E-state index is 11.5. The van der Waals surface area contributed by atoms with Gasteiger partial charge in [-0.25, -0.2) is 9.59 Å². The maximum atomic E-state index is 11.5. The molecule has 9 nitrogen and oxygen atoms in total. The topological polar surface area (TPSA) is 121 Å². The van der Waals surface area contributed by atoms with Crippen LogP contribution < -0.4 is 10.00 Å². The van der Waals surface area contributed by atoms with Gasteiger partial charge in [0.1, 0.15) is 5.21 Å². The molecule has 0 aliphatic heterocycles. The van der Waals surface area contributed by atoms with E-state index in [2.05, 4.69) is 27.2 Å². The number of nitrogens with zero attached hydrogens (tertiary/aromatic N) is 3. The molecule has 0 spiro atoms. The normalized spacial score (nSPS) is 11.0. The van der Waals surface area contributed by atoms with Crippen molar-refractivity contribution in [3.8, 4) is 0 Å². The van der Waals surface area contributed by atoms with E-state index < -0.39 is 18.1 Å². The van der Waals surface area contributed by atoms with Gasteiger partial charge in [0.25, 0.3) is 0 Å². The first-order chi connectivity index (χ1) is 9.66. The van der Waals surface area contributed by atoms with Gasteiger partial charge >= 0.3 is 34.4 Å². The number of tetrazole rings is 1. The molecule has 2 rings (SSSR count). The summed E-state index contributed by atoms with van der Waals surface area (Å²) < 4.78 is 5.97. The van der Waals surface area contributed by atoms with Crippen molar-refractivity contribution >= 4 is 12.1 Å². The van der Waals surface area contributed by atoms with E-state index in [0.717, 1.165) is 0 Å². The van der Waals surface area contributed by atoms with Gasteiger partial charge in [0, 0.05) is 0 Å². The molecule has 1 amide bonds. The van der Waals surface area contributed by atoms with E-state index in [4.69, 9.17) is 9.84 Å². The monoisotopic (exact) mass is 474 g/mol. The fourth-order valence-electron chi connectivity index (χ4n) is 1.45. The third-order valence-electron chi connectivity index (χ3n) is 2.35. The van der Waals surface area contributed by atoms with Gasteiger partial charge in [0.05, 0.1) is 0 Å². The van der Waals surface area contributed by atoms with Crippen LogP contribution in [0.15, 0.2) is 30.3 Å². The Morgan fingerprint density at radius 3 is 2.71 bits per heavy atom. The molecule has 3 N–H and O–H groups in total. The van der Waals surface area contributed by atoms with Crippen LogP contribution in [0.3, 0.4) is 0 Å². The number of aromatic amines is 1. The first kappa shape index (κ1) is 16.8. The first-order valence-corrected chi connectivity index (χ1v) is 5.56. The van der Waals surface area contributed by atoms with Crippen LogP contribution in [0, 0.1) is 6.33 Å². The number of carbonyl (C=O) groups excluding carboxylic acids is 1. The number of alkyl carbamates (subject to hydrolysis) is 1. The SMILES string of the molecule is O=C(N[C@@H](C(=O)O)c1ccccc1)OC[n+]1[c-]nn[nH]1.[Au+]. The number of rotatable bonds is 5. The van der Waals surface area contributed by atoms with Crippen LogP contribution in [0.5, 0.6) is 0 Å². The van der Waals surface area contributed by atoms with Gasteiger partial charge < -0.3 is 19.8 Å². The van der Waals surface area contributed by atoms with Gasteiger partial charge in [-0.3, -0.25) is 0 Å². The summed E-state index contributed by atoms with van der Waals surface area (Å²) in [5.41, 5.74) is 0.444. The van der Waals surface area contributed by atoms with E-state index in [1.54, 1.807) is 30.3 Å². The Balaban J connectivity index is 0.00000220. The predicted molar refractivity (Wildman–Crippen MR) is 61.8 cm³/mol. The largest absolute Gasteiger partial charge is 1.00 e. The summed E-state index contributed by atoms with van der Waals surface area (Å²) in [4.78, 5) is 22.7. The standard InChI is InChI=1S/C11H11N5O4.Au/c17-10(18)9(8-4-2-1-3-5-8)13-11(19)20-7-16-6-12-14-15-16;/h1-5,9H,7H2,(H,12,15)(H,13,19)(H,17,18);/q;+1/t9-;/m1./s1. The number of carboxylic acid groups (broad SMARTS) is 1. The molecule has 1 aromatic heterocycles. The number of ether oxygens (including phenoxy) is 1. The Labute approximate surface area is 134 Å². The zero-order chi connectivity index (χ0) is 14.4. The number of nitrogens with one attached hydrogen (secondary N) is 2. The van der Waals surface area contributed by atoms with Gasteiger partial charge in [-0.05, 0) is 11.9 Å². The molecular formula is C11H11AuN5O4+. The van der Waals surface area contributed by atoms with Gasteiger partial charge in [-0.2, -0.15) is 0 Å². The van der Waals surface area contributed by atoms with Crippen molar-refractivity contribution < 1.29 is 46.5 Å². The van der Waals surface area contributed by atoms with Gasteiger partial charge in [0.2, 0.25) is 6.73 Å². The van der Waals surface area contributed by atoms with Crippen LogP contribution >= 0.6 is 0 Å². The minimum Gasteiger partial charge on any atom is -0.479 e. The second-order valence-corrected chi connectivity index (χ2v) is 3.72. The zero-order valence-electron chi connectivity index (χ0n) is 10.5. The predicted octanol–water partition coefficient (Wildman–Crippen LogP) is -0.601. The van der Waals surface area contributed by atoms with Crippen LogP contribution in [-0.2, 0) is 38.6 Å². The summed E-state index contributed by atoms with van der Waals surface area (Å²) in [5, 5.41) is 20.5. The molecule has 0 fully saturated rings. The minimum atomic E-state index is -1.18. The van der Waals surface area contributed by atoms with Crippen LogP contribution in [0.2, 0.25) is 0 Å². The third kappa shape index (κ3) is 4.99. The van der Waals surface area contributed by atoms with Crippen molar-refractivity contribution in [1.29, 1.82) is 0 Å². The van der Waals surface area contributed by atoms with Crippen LogP contribution in [0.4, 0.5) is 4.79 Å². The quantitative estimate of drug-likeness (QED) is 0.303. The van der Waals surface area contributed by atoms with E-state index in [0.29, 0.717) is 5.56 Å². The molecule has 2 aromatic rings. The number of amides is 1. The fourth-order valence-corrected chi connectivity index (χ4v) is 1.45. The Morgan fingerprint density at radius 1 is 1.43 bits per heavy atom. The third-order valence-corrected chi connectivity index (χ3v) is 2.35. The molecule has 0 aliphatic carbocycles. The summed E-state index contributed by atoms with van der Waals surface area (Å²) in [6, 6.07) is 7.12. The Bertz CT molecular complexity index is 578. The molecule has 0 aliphatic rings. The van der Waals surface area contributed by atoms with Crippen molar-refractivity contribution in [1.82, 2.24) is 20.8 Å². The molecule has 10 heteroatoms. The average molecular weight is 474 g/mol. The van der Waals surface area contributed by atoms with Crippen LogP contribution in [0.25, 0.3) is 0 Å². The summed E-state index contributed by atoms with van der Waals surface area (Å²) in [7, 11) is 0. The number of aromatic nitrogens is 4. The van der Waals surface area contributed by atoms with Crippen molar-refractivity contribution in [3.05, 3.63) is 42.2 Å². The van der Waals surface area contributed by atoms with Crippen molar-refractivity contribution in [2.24, 2.45) is 0 Å². The first-order valence-electron chi connectivity index (χ1n) is 5.56. The number of benzene rings is 1. The van der Waals surface area contributed by atoms with Crippen molar-refractivity contribution in [2.75, 3.05) is 0 Å². The molecule has 0 unspecified atom stereocenters. The zero-order valence-corrected chi connectivity index (χ0v) is 12.7. The Morgan fingerprint density at radius 2 is 2.14 bits per heavy atom. The summed E-state index contributed by atoms with van der Waals surface area (Å²) >= 11 is 0. The van der Waals surface area contributed by atoms with Gasteiger partial charge in [-0.15, -0.1) is 10.3 Å². The van der Waals surface area contributed by atoms with Crippen LogP contribution in [-0.4, -0.2) is 32.7 Å². The van der Waals surface area contributed by atoms with E-state index in [9.17, 15) is 9.59 Å². The maximum Gasteiger partial charge on any atom is 1.00 e. The molecule has 1 aromatic carbocycles. The molecule has 0 radical (unpaired) electrons. The van der Waals surface area contributed by atoms with Crippen LogP contribution in [0.1, 0.15) is 11.6 Å². The summed E-state index contributed by atoms with van der Waals surface area (Å²) in [6.45, 7) is -0.208. The number of carbonyl (C=O) groups is 2. The number of aliphatic carboxylic acids is 1. The molecule has 0 saturated heterocycles. The van der Waals surface area contributed by atoms with Crippen molar-refractivity contribution in [3.63, 3.8) is 0 Å². The Kier molecular flexibility index (Phi) is 6.53. The fraction of sp³-hybridized carbons (Fsp3) is 0.182. The molecule has 0 saturated carbocycles. The molecule has 0 bridgehead atoms. The number of carboxylic acids is 1. The summed E-state index contributed by atoms with van der Waals surface area (Å²) in [5.74, 6) is -1.18. The number of H-pyrrole nitrogens is 1. The van der Waals surface area contributed by atoms with E-state index in [-0.39, 0.29) is 29.1 Å². The average Bonchev–Trinajstić information content (AvgIpc) is 2.96. The van der Waals surface area contributed by atoms with E-state index in [1.165, 1.54) is 4.68 Å². The van der Waals surface area contributed by atoms with Crippen molar-refractivity contribution in [2.45, 2.75) is 12.8 Å². The second kappa shape index (κ2) is 8.15. The molecule has 1 atom stereocenters. The molecule has 1 heterocycles.